The molecule has 1 aliphatic heterocycles. The molecule has 1 unspecified atom stereocenters. The first-order valence-corrected chi connectivity index (χ1v) is 7.23. The van der Waals surface area contributed by atoms with E-state index in [1.54, 1.807) is 0 Å². The van der Waals surface area contributed by atoms with Crippen LogP contribution in [-0.4, -0.2) is 49.1 Å². The summed E-state index contributed by atoms with van der Waals surface area (Å²) in [6.07, 6.45) is 2.29. The van der Waals surface area contributed by atoms with Gasteiger partial charge < -0.3 is 14.5 Å². The zero-order chi connectivity index (χ0) is 14.2. The van der Waals surface area contributed by atoms with Crippen LogP contribution in [0.4, 0.5) is 4.79 Å². The number of likely N-dealkylation sites (N-methyl/N-ethyl adjacent to an activating group) is 1. The van der Waals surface area contributed by atoms with Crippen LogP contribution in [0.2, 0.25) is 0 Å². The number of carbonyl (C=O) groups is 1. The van der Waals surface area contributed by atoms with E-state index < -0.39 is 0 Å². The third-order valence-electron chi connectivity index (χ3n) is 4.58. The van der Waals surface area contributed by atoms with Crippen LogP contribution < -0.4 is 0 Å². The minimum Gasteiger partial charge on any atom is -0.445 e. The number of hydrogen-bond acceptors (Lipinski definition) is 3. The number of benzene rings is 1. The van der Waals surface area contributed by atoms with Crippen molar-refractivity contribution in [3.63, 3.8) is 0 Å². The van der Waals surface area contributed by atoms with Gasteiger partial charge in [0.2, 0.25) is 0 Å². The highest BCUT2D eigenvalue weighted by Gasteiger charge is 2.57. The second-order valence-electron chi connectivity index (χ2n) is 6.26. The highest BCUT2D eigenvalue weighted by molar-refractivity contribution is 5.68. The molecule has 4 heteroatoms. The number of ether oxygens (including phenoxy) is 1. The van der Waals surface area contributed by atoms with Crippen LogP contribution in [0.5, 0.6) is 0 Å². The van der Waals surface area contributed by atoms with Gasteiger partial charge >= 0.3 is 6.09 Å². The van der Waals surface area contributed by atoms with Crippen molar-refractivity contribution in [3.8, 4) is 0 Å². The Bertz CT molecular complexity index is 483. The van der Waals surface area contributed by atoms with Crippen molar-refractivity contribution in [1.29, 1.82) is 0 Å². The van der Waals surface area contributed by atoms with Crippen molar-refractivity contribution in [2.75, 3.05) is 27.2 Å². The van der Waals surface area contributed by atoms with E-state index >= 15 is 0 Å². The van der Waals surface area contributed by atoms with Gasteiger partial charge in [-0.25, -0.2) is 4.79 Å². The van der Waals surface area contributed by atoms with Crippen molar-refractivity contribution in [3.05, 3.63) is 35.9 Å². The fourth-order valence-corrected chi connectivity index (χ4v) is 3.27. The second kappa shape index (κ2) is 5.09. The second-order valence-corrected chi connectivity index (χ2v) is 6.26. The standard InChI is InChI=1S/C16H22N2O2/c1-17(2)14-10-18(12-16(14)8-9-16)15(19)20-11-13-6-4-3-5-7-13/h3-7,14H,8-12H2,1-2H3. The van der Waals surface area contributed by atoms with Gasteiger partial charge in [-0.05, 0) is 32.5 Å². The zero-order valence-corrected chi connectivity index (χ0v) is 12.2. The number of amides is 1. The molecule has 1 heterocycles. The molecule has 2 aliphatic rings. The van der Waals surface area contributed by atoms with Gasteiger partial charge in [0.1, 0.15) is 6.61 Å². The molecule has 0 radical (unpaired) electrons. The minimum atomic E-state index is -0.176. The van der Waals surface area contributed by atoms with E-state index in [1.807, 2.05) is 35.2 Å². The van der Waals surface area contributed by atoms with Crippen LogP contribution in [-0.2, 0) is 11.3 Å². The maximum atomic E-state index is 12.2. The Hall–Kier alpha value is -1.55. The van der Waals surface area contributed by atoms with Crippen LogP contribution >= 0.6 is 0 Å². The summed E-state index contributed by atoms with van der Waals surface area (Å²) >= 11 is 0. The predicted octanol–water partition coefficient (Wildman–Crippen LogP) is 2.35. The molecule has 0 N–H and O–H groups in total. The molecule has 0 bridgehead atoms. The largest absolute Gasteiger partial charge is 0.445 e. The molecule has 1 saturated carbocycles. The molecule has 20 heavy (non-hydrogen) atoms. The number of nitrogens with zero attached hydrogens (tertiary/aromatic N) is 2. The van der Waals surface area contributed by atoms with Crippen LogP contribution in [0.15, 0.2) is 30.3 Å². The number of carbonyl (C=O) groups excluding carboxylic acids is 1. The van der Waals surface area contributed by atoms with Gasteiger partial charge in [0.15, 0.2) is 0 Å². The van der Waals surface area contributed by atoms with Crippen LogP contribution in [0.3, 0.4) is 0 Å². The number of rotatable bonds is 3. The Morgan fingerprint density at radius 3 is 2.60 bits per heavy atom. The molecule has 1 aliphatic carbocycles. The summed E-state index contributed by atoms with van der Waals surface area (Å²) in [6, 6.07) is 10.3. The Balaban J connectivity index is 1.56. The highest BCUT2D eigenvalue weighted by atomic mass is 16.6. The Morgan fingerprint density at radius 2 is 2.05 bits per heavy atom. The third-order valence-corrected chi connectivity index (χ3v) is 4.58. The van der Waals surface area contributed by atoms with E-state index in [1.165, 1.54) is 12.8 Å². The molecule has 1 aromatic carbocycles. The van der Waals surface area contributed by atoms with E-state index in [9.17, 15) is 4.79 Å². The smallest absolute Gasteiger partial charge is 0.410 e. The summed E-state index contributed by atoms with van der Waals surface area (Å²) in [5.74, 6) is 0. The Labute approximate surface area is 120 Å². The van der Waals surface area contributed by atoms with E-state index in [0.717, 1.165) is 18.7 Å². The first kappa shape index (κ1) is 13.4. The van der Waals surface area contributed by atoms with Gasteiger partial charge in [0.25, 0.3) is 0 Å². The lowest BCUT2D eigenvalue weighted by Crippen LogP contribution is -2.37. The lowest BCUT2D eigenvalue weighted by Gasteiger charge is -2.24. The molecule has 1 atom stereocenters. The fourth-order valence-electron chi connectivity index (χ4n) is 3.27. The average Bonchev–Trinajstić information content (AvgIpc) is 3.09. The summed E-state index contributed by atoms with van der Waals surface area (Å²) in [6.45, 7) is 2.00. The Kier molecular flexibility index (Phi) is 3.42. The first-order chi connectivity index (χ1) is 9.61. The summed E-state index contributed by atoms with van der Waals surface area (Å²) in [7, 11) is 4.20. The third kappa shape index (κ3) is 2.52. The predicted molar refractivity (Wildman–Crippen MR) is 77.3 cm³/mol. The highest BCUT2D eigenvalue weighted by Crippen LogP contribution is 2.54. The summed E-state index contributed by atoms with van der Waals surface area (Å²) in [5.41, 5.74) is 1.38. The molecule has 4 nitrogen and oxygen atoms in total. The zero-order valence-electron chi connectivity index (χ0n) is 12.2. The molecular weight excluding hydrogens is 252 g/mol. The van der Waals surface area contributed by atoms with Gasteiger partial charge in [0.05, 0.1) is 0 Å². The quantitative estimate of drug-likeness (QED) is 0.848. The van der Waals surface area contributed by atoms with Crippen LogP contribution in [0.1, 0.15) is 18.4 Å². The molecule has 1 amide bonds. The molecule has 3 rings (SSSR count). The van der Waals surface area contributed by atoms with Crippen molar-refractivity contribution >= 4 is 6.09 Å². The molecule has 1 saturated heterocycles. The topological polar surface area (TPSA) is 32.8 Å². The van der Waals surface area contributed by atoms with Gasteiger partial charge in [-0.2, -0.15) is 0 Å². The van der Waals surface area contributed by atoms with E-state index in [-0.39, 0.29) is 6.09 Å². The molecule has 0 aromatic heterocycles. The molecule has 1 spiro atoms. The van der Waals surface area contributed by atoms with Gasteiger partial charge in [-0.3, -0.25) is 0 Å². The van der Waals surface area contributed by atoms with Crippen molar-refractivity contribution < 1.29 is 9.53 Å². The van der Waals surface area contributed by atoms with Crippen molar-refractivity contribution in [2.24, 2.45) is 5.41 Å². The van der Waals surface area contributed by atoms with Crippen molar-refractivity contribution in [1.82, 2.24) is 9.80 Å². The summed E-state index contributed by atoms with van der Waals surface area (Å²) < 4.78 is 5.43. The first-order valence-electron chi connectivity index (χ1n) is 7.23. The van der Waals surface area contributed by atoms with Gasteiger partial charge in [-0.15, -0.1) is 0 Å². The normalized spacial score (nSPS) is 23.4. The van der Waals surface area contributed by atoms with Gasteiger partial charge in [-0.1, -0.05) is 30.3 Å². The Morgan fingerprint density at radius 1 is 1.35 bits per heavy atom. The SMILES string of the molecule is CN(C)C1CN(C(=O)OCc2ccccc2)CC12CC2. The maximum absolute atomic E-state index is 12.2. The van der Waals surface area contributed by atoms with Crippen LogP contribution in [0.25, 0.3) is 0 Å². The average molecular weight is 274 g/mol. The lowest BCUT2D eigenvalue weighted by atomic mass is 10.0. The minimum absolute atomic E-state index is 0.176. The van der Waals surface area contributed by atoms with E-state index in [0.29, 0.717) is 18.1 Å². The molecular formula is C16H22N2O2. The number of likely N-dealkylation sites (tertiary alicyclic amines) is 1. The lowest BCUT2D eigenvalue weighted by molar-refractivity contribution is 0.101. The molecule has 2 fully saturated rings. The van der Waals surface area contributed by atoms with Crippen molar-refractivity contribution in [2.45, 2.75) is 25.5 Å². The fraction of sp³-hybridized carbons (Fsp3) is 0.562. The van der Waals surface area contributed by atoms with Crippen LogP contribution in [0, 0.1) is 5.41 Å². The maximum Gasteiger partial charge on any atom is 0.410 e. The van der Waals surface area contributed by atoms with Gasteiger partial charge in [0, 0.05) is 24.5 Å². The number of hydrogen-bond donors (Lipinski definition) is 0. The monoisotopic (exact) mass is 274 g/mol. The summed E-state index contributed by atoms with van der Waals surface area (Å²) in [4.78, 5) is 16.3. The molecule has 108 valence electrons. The van der Waals surface area contributed by atoms with E-state index in [4.69, 9.17) is 4.74 Å². The summed E-state index contributed by atoms with van der Waals surface area (Å²) in [5, 5.41) is 0. The van der Waals surface area contributed by atoms with E-state index in [2.05, 4.69) is 19.0 Å². The molecule has 1 aromatic rings.